The van der Waals surface area contributed by atoms with Gasteiger partial charge >= 0.3 is 0 Å². The number of hydrogen-bond donors (Lipinski definition) is 1. The van der Waals surface area contributed by atoms with Gasteiger partial charge in [-0.1, -0.05) is 23.4 Å². The van der Waals surface area contributed by atoms with Crippen LogP contribution in [0.2, 0.25) is 0 Å². The Bertz CT molecular complexity index is 910. The predicted octanol–water partition coefficient (Wildman–Crippen LogP) is 3.13. The summed E-state index contributed by atoms with van der Waals surface area (Å²) in [5.74, 6) is 0.847. The zero-order chi connectivity index (χ0) is 21.5. The van der Waals surface area contributed by atoms with E-state index in [0.29, 0.717) is 51.9 Å². The van der Waals surface area contributed by atoms with Crippen molar-refractivity contribution in [2.24, 2.45) is 10.6 Å². The van der Waals surface area contributed by atoms with Crippen LogP contribution in [0.3, 0.4) is 0 Å². The molecule has 0 bridgehead atoms. The van der Waals surface area contributed by atoms with Crippen molar-refractivity contribution in [3.8, 4) is 5.75 Å². The number of carbonyl (C=O) groups excluding carboxylic acids is 1. The van der Waals surface area contributed by atoms with Gasteiger partial charge in [0.2, 0.25) is 5.91 Å². The van der Waals surface area contributed by atoms with E-state index in [-0.39, 0.29) is 12.0 Å². The number of para-hydroxylation sites is 1. The van der Waals surface area contributed by atoms with E-state index < -0.39 is 5.41 Å². The maximum absolute atomic E-state index is 13.2. The lowest BCUT2D eigenvalue weighted by atomic mass is 9.74. The smallest absolute Gasteiger partial charge is 0.226 e. The van der Waals surface area contributed by atoms with Gasteiger partial charge in [0.15, 0.2) is 0 Å². The number of nitrogens with zero attached hydrogens (tertiary/aromatic N) is 2. The van der Waals surface area contributed by atoms with Crippen molar-refractivity contribution in [3.05, 3.63) is 59.9 Å². The number of ether oxygens (including phenoxy) is 2. The largest absolute Gasteiger partial charge is 0.496 e. The molecule has 4 rings (SSSR count). The Kier molecular flexibility index (Phi) is 6.82. The lowest BCUT2D eigenvalue weighted by Gasteiger charge is -2.37. The van der Waals surface area contributed by atoms with Crippen molar-refractivity contribution in [3.63, 3.8) is 0 Å². The molecule has 0 radical (unpaired) electrons. The van der Waals surface area contributed by atoms with Crippen molar-refractivity contribution in [2.75, 3.05) is 26.9 Å². The number of amides is 1. The van der Waals surface area contributed by atoms with Crippen molar-refractivity contribution in [2.45, 2.75) is 38.2 Å². The number of pyridine rings is 1. The van der Waals surface area contributed by atoms with Gasteiger partial charge in [-0.05, 0) is 37.1 Å². The highest BCUT2D eigenvalue weighted by Crippen LogP contribution is 2.39. The molecule has 164 valence electrons. The molecule has 1 unspecified atom stereocenters. The van der Waals surface area contributed by atoms with Crippen molar-refractivity contribution in [1.82, 2.24) is 10.3 Å². The third kappa shape index (κ3) is 5.05. The first-order valence-electron chi connectivity index (χ1n) is 10.8. The molecule has 1 aromatic carbocycles. The molecule has 1 amide bonds. The predicted molar refractivity (Wildman–Crippen MR) is 117 cm³/mol. The van der Waals surface area contributed by atoms with Gasteiger partial charge in [-0.25, -0.2) is 0 Å². The third-order valence-electron chi connectivity index (χ3n) is 6.09. The van der Waals surface area contributed by atoms with Crippen molar-refractivity contribution >= 4 is 11.6 Å². The number of hydrogen-bond acceptors (Lipinski definition) is 6. The Morgan fingerprint density at radius 1 is 1.19 bits per heavy atom. The Morgan fingerprint density at radius 2 is 2.00 bits per heavy atom. The van der Waals surface area contributed by atoms with Gasteiger partial charge in [0, 0.05) is 56.5 Å². The van der Waals surface area contributed by atoms with E-state index in [4.69, 9.17) is 14.3 Å². The van der Waals surface area contributed by atoms with Crippen LogP contribution in [0.5, 0.6) is 5.75 Å². The minimum Gasteiger partial charge on any atom is -0.496 e. The zero-order valence-corrected chi connectivity index (χ0v) is 17.9. The topological polar surface area (TPSA) is 82.0 Å². The molecule has 7 heteroatoms. The molecule has 2 aromatic rings. The van der Waals surface area contributed by atoms with Crippen LogP contribution in [0, 0.1) is 5.41 Å². The number of rotatable bonds is 8. The van der Waals surface area contributed by atoms with E-state index in [2.05, 4.69) is 15.5 Å². The highest BCUT2D eigenvalue weighted by molar-refractivity contribution is 6.03. The molecule has 1 aromatic heterocycles. The number of aromatic nitrogens is 1. The average Bonchev–Trinajstić information content (AvgIpc) is 3.28. The van der Waals surface area contributed by atoms with Crippen LogP contribution in [0.25, 0.3) is 0 Å². The molecule has 2 aliphatic heterocycles. The van der Waals surface area contributed by atoms with Gasteiger partial charge in [-0.15, -0.1) is 0 Å². The standard InChI is InChI=1S/C24H29N3O4/c1-29-22-8-3-2-7-20(22)21-16-19(31-27-21)17-24(10-14-30-15-11-24)23(28)26-13-9-18-6-4-5-12-25-18/h2-8,12,19H,9-11,13-17H2,1H3,(H,26,28). The van der Waals surface area contributed by atoms with E-state index >= 15 is 0 Å². The fraction of sp³-hybridized carbons (Fsp3) is 0.458. The molecule has 31 heavy (non-hydrogen) atoms. The van der Waals surface area contributed by atoms with Crippen LogP contribution in [0.4, 0.5) is 0 Å². The zero-order valence-electron chi connectivity index (χ0n) is 17.9. The first kappa shape index (κ1) is 21.3. The van der Waals surface area contributed by atoms with E-state index in [9.17, 15) is 4.79 Å². The second-order valence-corrected chi connectivity index (χ2v) is 8.09. The lowest BCUT2D eigenvalue weighted by Crippen LogP contribution is -2.47. The summed E-state index contributed by atoms with van der Waals surface area (Å²) in [6, 6.07) is 13.6. The second kappa shape index (κ2) is 9.92. The Morgan fingerprint density at radius 3 is 2.77 bits per heavy atom. The summed E-state index contributed by atoms with van der Waals surface area (Å²) in [7, 11) is 1.65. The normalized spacial score (nSPS) is 19.9. The molecule has 1 atom stereocenters. The Hall–Kier alpha value is -2.93. The molecule has 1 fully saturated rings. The SMILES string of the molecule is COc1ccccc1C1=NOC(CC2(C(=O)NCCc3ccccn3)CCOCC2)C1. The molecule has 2 aliphatic rings. The molecule has 0 saturated carbocycles. The Balaban J connectivity index is 1.38. The summed E-state index contributed by atoms with van der Waals surface area (Å²) >= 11 is 0. The van der Waals surface area contributed by atoms with Crippen molar-refractivity contribution in [1.29, 1.82) is 0 Å². The summed E-state index contributed by atoms with van der Waals surface area (Å²) in [5, 5.41) is 7.45. The third-order valence-corrected chi connectivity index (χ3v) is 6.09. The number of carbonyl (C=O) groups is 1. The van der Waals surface area contributed by atoms with Gasteiger partial charge in [-0.3, -0.25) is 9.78 Å². The minimum absolute atomic E-state index is 0.0704. The van der Waals surface area contributed by atoms with E-state index in [0.717, 1.165) is 22.7 Å². The molecular weight excluding hydrogens is 394 g/mol. The van der Waals surface area contributed by atoms with Crippen LogP contribution in [-0.4, -0.2) is 49.6 Å². The highest BCUT2D eigenvalue weighted by atomic mass is 16.6. The van der Waals surface area contributed by atoms with Gasteiger partial charge in [0.1, 0.15) is 11.9 Å². The van der Waals surface area contributed by atoms with Crippen LogP contribution < -0.4 is 10.1 Å². The maximum Gasteiger partial charge on any atom is 0.226 e. The number of methoxy groups -OCH3 is 1. The molecule has 1 N–H and O–H groups in total. The highest BCUT2D eigenvalue weighted by Gasteiger charge is 2.43. The van der Waals surface area contributed by atoms with Crippen LogP contribution in [-0.2, 0) is 20.8 Å². The van der Waals surface area contributed by atoms with E-state index in [1.807, 2.05) is 42.5 Å². The van der Waals surface area contributed by atoms with Crippen LogP contribution in [0.1, 0.15) is 36.9 Å². The maximum atomic E-state index is 13.2. The van der Waals surface area contributed by atoms with E-state index in [1.54, 1.807) is 13.3 Å². The molecule has 0 spiro atoms. The van der Waals surface area contributed by atoms with Gasteiger partial charge in [0.05, 0.1) is 18.2 Å². The summed E-state index contributed by atoms with van der Waals surface area (Å²) in [5.41, 5.74) is 2.27. The van der Waals surface area contributed by atoms with Crippen LogP contribution >= 0.6 is 0 Å². The van der Waals surface area contributed by atoms with Gasteiger partial charge < -0.3 is 19.6 Å². The van der Waals surface area contributed by atoms with Gasteiger partial charge in [-0.2, -0.15) is 0 Å². The quantitative estimate of drug-likeness (QED) is 0.705. The molecular formula is C24H29N3O4. The average molecular weight is 424 g/mol. The monoisotopic (exact) mass is 423 g/mol. The summed E-state index contributed by atoms with van der Waals surface area (Å²) in [6.45, 7) is 1.73. The minimum atomic E-state index is -0.501. The molecule has 1 saturated heterocycles. The summed E-state index contributed by atoms with van der Waals surface area (Å²) < 4.78 is 11.0. The molecule has 0 aliphatic carbocycles. The Labute approximate surface area is 182 Å². The summed E-state index contributed by atoms with van der Waals surface area (Å²) in [6.07, 6.45) is 4.99. The molecule has 3 heterocycles. The van der Waals surface area contributed by atoms with Gasteiger partial charge in [0.25, 0.3) is 0 Å². The number of benzene rings is 1. The first-order chi connectivity index (χ1) is 15.2. The number of nitrogens with one attached hydrogen (secondary N) is 1. The second-order valence-electron chi connectivity index (χ2n) is 8.09. The van der Waals surface area contributed by atoms with Crippen LogP contribution in [0.15, 0.2) is 53.8 Å². The van der Waals surface area contributed by atoms with Crippen molar-refractivity contribution < 1.29 is 19.1 Å². The number of oxime groups is 1. The summed E-state index contributed by atoms with van der Waals surface area (Å²) in [4.78, 5) is 23.3. The fourth-order valence-electron chi connectivity index (χ4n) is 4.34. The molecule has 7 nitrogen and oxygen atoms in total. The first-order valence-corrected chi connectivity index (χ1v) is 10.8. The fourth-order valence-corrected chi connectivity index (χ4v) is 4.34. The lowest BCUT2D eigenvalue weighted by molar-refractivity contribution is -0.140. The van der Waals surface area contributed by atoms with E-state index in [1.165, 1.54) is 0 Å².